The highest BCUT2D eigenvalue weighted by atomic mass is 16.6. The Morgan fingerprint density at radius 3 is 2.55 bits per heavy atom. The molecule has 0 spiro atoms. The minimum Gasteiger partial charge on any atom is -0.444 e. The monoisotopic (exact) mass is 306 g/mol. The number of anilines is 1. The van der Waals surface area contributed by atoms with Crippen LogP contribution in [0.4, 0.5) is 10.6 Å². The van der Waals surface area contributed by atoms with Crippen molar-refractivity contribution in [2.24, 2.45) is 5.92 Å². The summed E-state index contributed by atoms with van der Waals surface area (Å²) in [4.78, 5) is 15.9. The van der Waals surface area contributed by atoms with Crippen molar-refractivity contribution in [3.63, 3.8) is 0 Å². The molecule has 2 N–H and O–H groups in total. The number of rotatable bonds is 3. The molecule has 1 heterocycles. The SMILES string of the molecule is CC(C)(C)OC(=O)Nc1ccc(C(O)C2CCCCC2)cn1. The van der Waals surface area contributed by atoms with E-state index in [0.29, 0.717) is 11.7 Å². The molecule has 1 aliphatic rings. The summed E-state index contributed by atoms with van der Waals surface area (Å²) in [5.74, 6) is 0.744. The van der Waals surface area contributed by atoms with E-state index in [9.17, 15) is 9.90 Å². The summed E-state index contributed by atoms with van der Waals surface area (Å²) in [7, 11) is 0. The highest BCUT2D eigenvalue weighted by Gasteiger charge is 2.23. The molecule has 1 atom stereocenters. The van der Waals surface area contributed by atoms with Crippen LogP contribution in [0.5, 0.6) is 0 Å². The molecule has 122 valence electrons. The van der Waals surface area contributed by atoms with Crippen molar-refractivity contribution in [2.45, 2.75) is 64.6 Å². The topological polar surface area (TPSA) is 71.5 Å². The molecule has 1 unspecified atom stereocenters. The van der Waals surface area contributed by atoms with Crippen LogP contribution < -0.4 is 5.32 Å². The minimum absolute atomic E-state index is 0.320. The number of nitrogens with one attached hydrogen (secondary N) is 1. The van der Waals surface area contributed by atoms with Crippen LogP contribution >= 0.6 is 0 Å². The van der Waals surface area contributed by atoms with Crippen LogP contribution in [0.25, 0.3) is 0 Å². The van der Waals surface area contributed by atoms with Crippen molar-refractivity contribution >= 4 is 11.9 Å². The number of aromatic nitrogens is 1. The molecule has 1 aliphatic carbocycles. The third-order valence-corrected chi connectivity index (χ3v) is 3.85. The van der Waals surface area contributed by atoms with Gasteiger partial charge in [-0.15, -0.1) is 0 Å². The second kappa shape index (κ2) is 7.09. The van der Waals surface area contributed by atoms with Crippen molar-refractivity contribution in [1.82, 2.24) is 4.98 Å². The van der Waals surface area contributed by atoms with E-state index in [1.165, 1.54) is 19.3 Å². The molecule has 1 saturated carbocycles. The van der Waals surface area contributed by atoms with E-state index in [1.807, 2.05) is 26.8 Å². The lowest BCUT2D eigenvalue weighted by molar-refractivity contribution is 0.0635. The fourth-order valence-electron chi connectivity index (χ4n) is 2.78. The Hall–Kier alpha value is -1.62. The number of aliphatic hydroxyl groups is 1. The second-order valence-electron chi connectivity index (χ2n) is 6.95. The normalized spacial score (nSPS) is 17.8. The maximum atomic E-state index is 11.7. The lowest BCUT2D eigenvalue weighted by atomic mass is 9.83. The Balaban J connectivity index is 1.93. The van der Waals surface area contributed by atoms with Gasteiger partial charge in [-0.25, -0.2) is 9.78 Å². The van der Waals surface area contributed by atoms with Crippen LogP contribution in [0.1, 0.15) is 64.5 Å². The predicted molar refractivity (Wildman–Crippen MR) is 85.6 cm³/mol. The van der Waals surface area contributed by atoms with Crippen LogP contribution in [0.2, 0.25) is 0 Å². The molecule has 1 aromatic rings. The number of hydrogen-bond donors (Lipinski definition) is 2. The highest BCUT2D eigenvalue weighted by Crippen LogP contribution is 2.34. The van der Waals surface area contributed by atoms with Gasteiger partial charge in [-0.1, -0.05) is 25.3 Å². The van der Waals surface area contributed by atoms with E-state index in [2.05, 4.69) is 10.3 Å². The summed E-state index contributed by atoms with van der Waals surface area (Å²) in [6.45, 7) is 5.43. The van der Waals surface area contributed by atoms with Gasteiger partial charge in [0, 0.05) is 6.20 Å². The van der Waals surface area contributed by atoms with Crippen molar-refractivity contribution in [2.75, 3.05) is 5.32 Å². The first-order valence-corrected chi connectivity index (χ1v) is 7.99. The third kappa shape index (κ3) is 4.98. The standard InChI is InChI=1S/C17H26N2O3/c1-17(2,3)22-16(21)19-14-10-9-13(11-18-14)15(20)12-7-5-4-6-8-12/h9-12,15,20H,4-8H2,1-3H3,(H,18,19,21). The Bertz CT molecular complexity index is 488. The molecule has 1 fully saturated rings. The fourth-order valence-corrected chi connectivity index (χ4v) is 2.78. The highest BCUT2D eigenvalue weighted by molar-refractivity contribution is 5.83. The number of hydrogen-bond acceptors (Lipinski definition) is 4. The number of carbonyl (C=O) groups is 1. The number of carbonyl (C=O) groups excluding carboxylic acids is 1. The van der Waals surface area contributed by atoms with Gasteiger partial charge in [-0.2, -0.15) is 0 Å². The lowest BCUT2D eigenvalue weighted by Gasteiger charge is -2.26. The molecule has 2 rings (SSSR count). The van der Waals surface area contributed by atoms with Crippen molar-refractivity contribution < 1.29 is 14.6 Å². The lowest BCUT2D eigenvalue weighted by Crippen LogP contribution is -2.27. The average molecular weight is 306 g/mol. The van der Waals surface area contributed by atoms with E-state index in [1.54, 1.807) is 12.3 Å². The van der Waals surface area contributed by atoms with Gasteiger partial charge in [0.25, 0.3) is 0 Å². The van der Waals surface area contributed by atoms with E-state index >= 15 is 0 Å². The summed E-state index contributed by atoms with van der Waals surface area (Å²) < 4.78 is 5.18. The quantitative estimate of drug-likeness (QED) is 0.884. The van der Waals surface area contributed by atoms with Crippen molar-refractivity contribution in [3.05, 3.63) is 23.9 Å². The van der Waals surface area contributed by atoms with E-state index in [-0.39, 0.29) is 0 Å². The van der Waals surface area contributed by atoms with Gasteiger partial charge in [-0.05, 0) is 51.2 Å². The first kappa shape index (κ1) is 16.7. The maximum Gasteiger partial charge on any atom is 0.413 e. The van der Waals surface area contributed by atoms with E-state index in [0.717, 1.165) is 18.4 Å². The zero-order chi connectivity index (χ0) is 16.2. The van der Waals surface area contributed by atoms with Crippen LogP contribution in [0.3, 0.4) is 0 Å². The molecular formula is C17H26N2O3. The second-order valence-corrected chi connectivity index (χ2v) is 6.95. The summed E-state index contributed by atoms with van der Waals surface area (Å²) in [5.41, 5.74) is 0.267. The van der Waals surface area contributed by atoms with E-state index in [4.69, 9.17) is 4.74 Å². The van der Waals surface area contributed by atoms with Crippen LogP contribution in [0.15, 0.2) is 18.3 Å². The largest absolute Gasteiger partial charge is 0.444 e. The Kier molecular flexibility index (Phi) is 5.40. The number of amides is 1. The molecular weight excluding hydrogens is 280 g/mol. The average Bonchev–Trinajstić information content (AvgIpc) is 2.46. The van der Waals surface area contributed by atoms with Gasteiger partial charge in [0.2, 0.25) is 0 Å². The molecule has 0 bridgehead atoms. The zero-order valence-corrected chi connectivity index (χ0v) is 13.6. The summed E-state index contributed by atoms with van der Waals surface area (Å²) in [6.07, 6.45) is 6.41. The van der Waals surface area contributed by atoms with Crippen molar-refractivity contribution in [3.8, 4) is 0 Å². The van der Waals surface area contributed by atoms with Crippen LogP contribution in [-0.2, 0) is 4.74 Å². The van der Waals surface area contributed by atoms with Crippen molar-refractivity contribution in [1.29, 1.82) is 0 Å². The number of aliphatic hydroxyl groups excluding tert-OH is 1. The molecule has 1 amide bonds. The summed E-state index contributed by atoms with van der Waals surface area (Å²) >= 11 is 0. The summed E-state index contributed by atoms with van der Waals surface area (Å²) in [5, 5.41) is 13.0. The molecule has 0 aliphatic heterocycles. The van der Waals surface area contributed by atoms with Gasteiger partial charge in [-0.3, -0.25) is 5.32 Å². The molecule has 5 nitrogen and oxygen atoms in total. The summed E-state index contributed by atoms with van der Waals surface area (Å²) in [6, 6.07) is 3.52. The van der Waals surface area contributed by atoms with Gasteiger partial charge in [0.15, 0.2) is 0 Å². The van der Waals surface area contributed by atoms with Gasteiger partial charge in [0.1, 0.15) is 11.4 Å². The van der Waals surface area contributed by atoms with Gasteiger partial charge < -0.3 is 9.84 Å². The van der Waals surface area contributed by atoms with Gasteiger partial charge >= 0.3 is 6.09 Å². The molecule has 0 aromatic carbocycles. The Morgan fingerprint density at radius 1 is 1.32 bits per heavy atom. The smallest absolute Gasteiger partial charge is 0.413 e. The molecule has 22 heavy (non-hydrogen) atoms. The predicted octanol–water partition coefficient (Wildman–Crippen LogP) is 4.04. The Morgan fingerprint density at radius 2 is 2.00 bits per heavy atom. The first-order chi connectivity index (χ1) is 10.3. The molecule has 0 radical (unpaired) electrons. The van der Waals surface area contributed by atoms with Crippen LogP contribution in [-0.4, -0.2) is 21.8 Å². The maximum absolute atomic E-state index is 11.7. The minimum atomic E-state index is -0.540. The third-order valence-electron chi connectivity index (χ3n) is 3.85. The number of ether oxygens (including phenoxy) is 1. The fraction of sp³-hybridized carbons (Fsp3) is 0.647. The number of pyridine rings is 1. The van der Waals surface area contributed by atoms with E-state index < -0.39 is 17.8 Å². The molecule has 5 heteroatoms. The van der Waals surface area contributed by atoms with Gasteiger partial charge in [0.05, 0.1) is 6.10 Å². The molecule has 1 aromatic heterocycles. The molecule has 0 saturated heterocycles. The zero-order valence-electron chi connectivity index (χ0n) is 13.6. The Labute approximate surface area is 132 Å². The van der Waals surface area contributed by atoms with Crippen LogP contribution in [0, 0.1) is 5.92 Å². The number of nitrogens with zero attached hydrogens (tertiary/aromatic N) is 1. The first-order valence-electron chi connectivity index (χ1n) is 7.99.